The zero-order valence-corrected chi connectivity index (χ0v) is 16.5. The summed E-state index contributed by atoms with van der Waals surface area (Å²) in [5.41, 5.74) is 0.0933. The first-order valence-electron chi connectivity index (χ1n) is 8.47. The highest BCUT2D eigenvalue weighted by Crippen LogP contribution is 2.22. The largest absolute Gasteiger partial charge is 0.444 e. The number of hydrogen-bond donors (Lipinski definition) is 1. The number of carbonyl (C=O) groups is 2. The van der Waals surface area contributed by atoms with Gasteiger partial charge < -0.3 is 14.4 Å². The fourth-order valence-corrected chi connectivity index (χ4v) is 1.89. The molecule has 28 heavy (non-hydrogen) atoms. The van der Waals surface area contributed by atoms with Gasteiger partial charge in [-0.15, -0.1) is 0 Å². The lowest BCUT2D eigenvalue weighted by Gasteiger charge is -2.19. The lowest BCUT2D eigenvalue weighted by Crippen LogP contribution is -2.27. The first kappa shape index (κ1) is 20.8. The zero-order chi connectivity index (χ0) is 20.7. The quantitative estimate of drug-likeness (QED) is 0.621. The lowest BCUT2D eigenvalue weighted by molar-refractivity contribution is 0.0635. The minimum Gasteiger partial charge on any atom is -0.444 e. The highest BCUT2D eigenvalue weighted by Gasteiger charge is 2.16. The molecule has 0 aliphatic carbocycles. The maximum Gasteiger partial charge on any atom is 0.412 e. The van der Waals surface area contributed by atoms with E-state index >= 15 is 0 Å². The van der Waals surface area contributed by atoms with E-state index in [9.17, 15) is 9.59 Å². The van der Waals surface area contributed by atoms with Crippen molar-refractivity contribution >= 4 is 24.0 Å². The number of aromatic nitrogens is 2. The topological polar surface area (TPSA) is 106 Å². The van der Waals surface area contributed by atoms with Crippen molar-refractivity contribution in [2.24, 2.45) is 4.99 Å². The highest BCUT2D eigenvalue weighted by molar-refractivity contribution is 5.97. The molecule has 2 amide bonds. The van der Waals surface area contributed by atoms with Gasteiger partial charge in [0.05, 0.1) is 6.34 Å². The van der Waals surface area contributed by atoms with Gasteiger partial charge in [-0.25, -0.2) is 14.8 Å². The lowest BCUT2D eigenvalue weighted by atomic mass is 10.2. The number of hydrogen-bond acceptors (Lipinski definition) is 6. The van der Waals surface area contributed by atoms with Crippen LogP contribution in [0.15, 0.2) is 41.7 Å². The van der Waals surface area contributed by atoms with E-state index in [0.717, 1.165) is 0 Å². The van der Waals surface area contributed by atoms with Crippen LogP contribution in [0, 0.1) is 0 Å². The van der Waals surface area contributed by atoms with Crippen molar-refractivity contribution in [1.82, 2.24) is 14.9 Å². The van der Waals surface area contributed by atoms with E-state index in [1.54, 1.807) is 64.0 Å². The minimum absolute atomic E-state index is 0.117. The molecule has 0 atom stereocenters. The maximum absolute atomic E-state index is 12.0. The van der Waals surface area contributed by atoms with Crippen LogP contribution in [0.4, 0.5) is 10.5 Å². The molecule has 0 spiro atoms. The van der Waals surface area contributed by atoms with Crippen molar-refractivity contribution in [3.63, 3.8) is 0 Å². The molecule has 2 aromatic rings. The third-order valence-corrected chi connectivity index (χ3v) is 2.99. The summed E-state index contributed by atoms with van der Waals surface area (Å²) in [6, 6.07) is 8.03. The summed E-state index contributed by atoms with van der Waals surface area (Å²) in [7, 11) is 3.51. The zero-order valence-electron chi connectivity index (χ0n) is 16.5. The van der Waals surface area contributed by atoms with Crippen molar-refractivity contribution < 1.29 is 19.1 Å². The molecule has 0 saturated carbocycles. The summed E-state index contributed by atoms with van der Waals surface area (Å²) in [4.78, 5) is 37.0. The van der Waals surface area contributed by atoms with E-state index in [1.165, 1.54) is 18.7 Å². The van der Waals surface area contributed by atoms with Crippen LogP contribution in [0.2, 0.25) is 0 Å². The molecule has 1 N–H and O–H groups in total. The van der Waals surface area contributed by atoms with E-state index in [4.69, 9.17) is 9.47 Å². The summed E-state index contributed by atoms with van der Waals surface area (Å²) in [5.74, 6) is 0.174. The Bertz CT molecular complexity index is 857. The molecule has 1 heterocycles. The minimum atomic E-state index is -0.577. The number of amides is 2. The monoisotopic (exact) mass is 385 g/mol. The molecule has 9 heteroatoms. The molecule has 0 unspecified atom stereocenters. The molecule has 1 aromatic carbocycles. The van der Waals surface area contributed by atoms with Crippen molar-refractivity contribution in [3.8, 4) is 11.6 Å². The standard InChI is InChI=1S/C19H23N5O4/c1-19(2,3)28-18(26)23-13-6-8-14(9-7-13)27-16-10-15(20-11-21-16)17(25)22-12-24(4)5/h6-12H,1-5H3,(H,23,26). The summed E-state index contributed by atoms with van der Waals surface area (Å²) in [5, 5.41) is 2.63. The molecule has 1 aromatic heterocycles. The average molecular weight is 385 g/mol. The second kappa shape index (κ2) is 8.94. The molecule has 0 bridgehead atoms. The van der Waals surface area contributed by atoms with Crippen LogP contribution in [0.5, 0.6) is 11.6 Å². The molecule has 148 valence electrons. The molecular formula is C19H23N5O4. The van der Waals surface area contributed by atoms with Gasteiger partial charge in [0.25, 0.3) is 5.91 Å². The summed E-state index contributed by atoms with van der Waals surface area (Å²) in [6.07, 6.45) is 2.08. The number of rotatable bonds is 5. The van der Waals surface area contributed by atoms with Gasteiger partial charge in [-0.3, -0.25) is 10.1 Å². The Morgan fingerprint density at radius 2 is 1.82 bits per heavy atom. The molecule has 0 saturated heterocycles. The third kappa shape index (κ3) is 7.02. The molecule has 0 radical (unpaired) electrons. The van der Waals surface area contributed by atoms with Crippen molar-refractivity contribution in [2.75, 3.05) is 19.4 Å². The summed E-state index contributed by atoms with van der Waals surface area (Å²) in [6.45, 7) is 5.36. The van der Waals surface area contributed by atoms with Crippen LogP contribution in [-0.2, 0) is 4.74 Å². The number of nitrogens with one attached hydrogen (secondary N) is 1. The van der Waals surface area contributed by atoms with Crippen molar-refractivity contribution in [1.29, 1.82) is 0 Å². The average Bonchev–Trinajstić information content (AvgIpc) is 2.60. The second-order valence-corrected chi connectivity index (χ2v) is 7.01. The first-order chi connectivity index (χ1) is 13.1. The van der Waals surface area contributed by atoms with Crippen molar-refractivity contribution in [3.05, 3.63) is 42.4 Å². The fourth-order valence-electron chi connectivity index (χ4n) is 1.89. The van der Waals surface area contributed by atoms with E-state index in [0.29, 0.717) is 11.4 Å². The van der Waals surface area contributed by atoms with Crippen molar-refractivity contribution in [2.45, 2.75) is 26.4 Å². The molecule has 0 aliphatic rings. The Kier molecular flexibility index (Phi) is 6.64. The first-order valence-corrected chi connectivity index (χ1v) is 8.47. The Balaban J connectivity index is 2.01. The molecular weight excluding hydrogens is 362 g/mol. The number of nitrogens with zero attached hydrogens (tertiary/aromatic N) is 4. The van der Waals surface area contributed by atoms with Gasteiger partial charge in [-0.1, -0.05) is 0 Å². The molecule has 9 nitrogen and oxygen atoms in total. The molecule has 0 fully saturated rings. The third-order valence-electron chi connectivity index (χ3n) is 2.99. The number of anilines is 1. The van der Waals surface area contributed by atoms with E-state index in [1.807, 2.05) is 0 Å². The normalized spacial score (nSPS) is 11.2. The van der Waals surface area contributed by atoms with Crippen LogP contribution >= 0.6 is 0 Å². The van der Waals surface area contributed by atoms with Gasteiger partial charge in [-0.05, 0) is 45.0 Å². The number of ether oxygens (including phenoxy) is 2. The summed E-state index contributed by atoms with van der Waals surface area (Å²) >= 11 is 0. The van der Waals surface area contributed by atoms with E-state index in [2.05, 4.69) is 20.3 Å². The highest BCUT2D eigenvalue weighted by atomic mass is 16.6. The van der Waals surface area contributed by atoms with Crippen LogP contribution in [0.3, 0.4) is 0 Å². The van der Waals surface area contributed by atoms with Crippen LogP contribution in [-0.4, -0.2) is 52.9 Å². The number of carbonyl (C=O) groups excluding carboxylic acids is 2. The van der Waals surface area contributed by atoms with Crippen LogP contribution < -0.4 is 10.1 Å². The Hall–Kier alpha value is -3.49. The van der Waals surface area contributed by atoms with Gasteiger partial charge in [0.15, 0.2) is 0 Å². The summed E-state index contributed by atoms with van der Waals surface area (Å²) < 4.78 is 10.8. The van der Waals surface area contributed by atoms with E-state index in [-0.39, 0.29) is 11.6 Å². The Labute approximate surface area is 163 Å². The number of benzene rings is 1. The molecule has 0 aliphatic heterocycles. The Morgan fingerprint density at radius 3 is 2.43 bits per heavy atom. The SMILES string of the molecule is CN(C)C=NC(=O)c1cc(Oc2ccc(NC(=O)OC(C)(C)C)cc2)ncn1. The molecule has 2 rings (SSSR count). The Morgan fingerprint density at radius 1 is 1.14 bits per heavy atom. The van der Waals surface area contributed by atoms with Gasteiger partial charge >= 0.3 is 6.09 Å². The fraction of sp³-hybridized carbons (Fsp3) is 0.316. The van der Waals surface area contributed by atoms with Crippen LogP contribution in [0.25, 0.3) is 0 Å². The van der Waals surface area contributed by atoms with Crippen LogP contribution in [0.1, 0.15) is 31.3 Å². The smallest absolute Gasteiger partial charge is 0.412 e. The van der Waals surface area contributed by atoms with Gasteiger partial charge in [0.1, 0.15) is 23.4 Å². The van der Waals surface area contributed by atoms with Gasteiger partial charge in [0, 0.05) is 25.8 Å². The number of aliphatic imine (C=N–C) groups is 1. The van der Waals surface area contributed by atoms with E-state index < -0.39 is 17.6 Å². The predicted octanol–water partition coefficient (Wildman–Crippen LogP) is 3.35. The van der Waals surface area contributed by atoms with Gasteiger partial charge in [-0.2, -0.15) is 4.99 Å². The second-order valence-electron chi connectivity index (χ2n) is 7.01. The van der Waals surface area contributed by atoms with Gasteiger partial charge in [0.2, 0.25) is 5.88 Å². The predicted molar refractivity (Wildman–Crippen MR) is 105 cm³/mol. The maximum atomic E-state index is 12.0.